The number of aryl methyl sites for hydroxylation is 1. The minimum atomic E-state index is -2.95. The average Bonchev–Trinajstić information content (AvgIpc) is 2.62. The third-order valence-electron chi connectivity index (χ3n) is 3.36. The Morgan fingerprint density at radius 3 is 2.54 bits per heavy atom. The molecular weight excluding hydrogens is 346 g/mol. The molecule has 0 fully saturated rings. The third-order valence-corrected chi connectivity index (χ3v) is 3.36. The minimum Gasteiger partial charge on any atom is -0.493 e. The van der Waals surface area contributed by atoms with Crippen molar-refractivity contribution in [3.05, 3.63) is 53.6 Å². The van der Waals surface area contributed by atoms with E-state index in [-0.39, 0.29) is 23.9 Å². The lowest BCUT2D eigenvalue weighted by molar-refractivity contribution is -0.0512. The number of methoxy groups -OCH3 is 1. The van der Waals surface area contributed by atoms with E-state index in [1.165, 1.54) is 25.3 Å². The van der Waals surface area contributed by atoms with Gasteiger partial charge in [-0.1, -0.05) is 23.4 Å². The second kappa shape index (κ2) is 9.45. The summed E-state index contributed by atoms with van der Waals surface area (Å²) in [4.78, 5) is 5.13. The van der Waals surface area contributed by atoms with Crippen molar-refractivity contribution in [2.75, 3.05) is 20.3 Å². The van der Waals surface area contributed by atoms with Crippen molar-refractivity contribution < 1.29 is 27.8 Å². The van der Waals surface area contributed by atoms with Crippen LogP contribution >= 0.6 is 0 Å². The molecule has 0 atom stereocenters. The number of halogens is 2. The van der Waals surface area contributed by atoms with Gasteiger partial charge in [-0.3, -0.25) is 0 Å². The van der Waals surface area contributed by atoms with Crippen molar-refractivity contribution in [2.24, 2.45) is 10.9 Å². The van der Waals surface area contributed by atoms with Crippen molar-refractivity contribution in [2.45, 2.75) is 13.5 Å². The highest BCUT2D eigenvalue weighted by molar-refractivity contribution is 5.97. The highest BCUT2D eigenvalue weighted by atomic mass is 19.3. The lowest BCUT2D eigenvalue weighted by Crippen LogP contribution is -2.15. The number of amidine groups is 1. The standard InChI is InChI=1S/C18H20F2N2O4/c1-12-5-3-4-6-14(12)24-9-10-25-22-17(21)13-7-8-15(26-18(19)20)16(11-13)23-2/h3-8,11,18H,9-10H2,1-2H3,(H2,21,22). The maximum absolute atomic E-state index is 12.3. The molecule has 2 aromatic rings. The highest BCUT2D eigenvalue weighted by Crippen LogP contribution is 2.29. The lowest BCUT2D eigenvalue weighted by atomic mass is 10.2. The molecule has 26 heavy (non-hydrogen) atoms. The average molecular weight is 366 g/mol. The Morgan fingerprint density at radius 1 is 1.08 bits per heavy atom. The van der Waals surface area contributed by atoms with E-state index in [1.807, 2.05) is 31.2 Å². The fourth-order valence-corrected chi connectivity index (χ4v) is 2.10. The second-order valence-corrected chi connectivity index (χ2v) is 5.17. The van der Waals surface area contributed by atoms with E-state index in [1.54, 1.807) is 0 Å². The summed E-state index contributed by atoms with van der Waals surface area (Å²) in [6, 6.07) is 11.9. The van der Waals surface area contributed by atoms with E-state index in [0.717, 1.165) is 11.3 Å². The molecule has 0 heterocycles. The van der Waals surface area contributed by atoms with Gasteiger partial charge >= 0.3 is 6.61 Å². The molecular formula is C18H20F2N2O4. The largest absolute Gasteiger partial charge is 0.493 e. The zero-order valence-corrected chi connectivity index (χ0v) is 14.4. The number of benzene rings is 2. The quantitative estimate of drug-likeness (QED) is 0.319. The Bertz CT molecular complexity index is 754. The summed E-state index contributed by atoms with van der Waals surface area (Å²) in [5, 5.41) is 3.78. The van der Waals surface area contributed by atoms with Crippen LogP contribution in [0.5, 0.6) is 17.2 Å². The van der Waals surface area contributed by atoms with Gasteiger partial charge < -0.3 is 24.8 Å². The third kappa shape index (κ3) is 5.51. The molecule has 0 saturated carbocycles. The Labute approximate surface area is 150 Å². The molecule has 0 unspecified atom stereocenters. The molecule has 0 aromatic heterocycles. The maximum Gasteiger partial charge on any atom is 0.387 e. The number of nitrogens with zero attached hydrogens (tertiary/aromatic N) is 1. The smallest absolute Gasteiger partial charge is 0.387 e. The van der Waals surface area contributed by atoms with Gasteiger partial charge in [0.05, 0.1) is 7.11 Å². The molecule has 2 aromatic carbocycles. The SMILES string of the molecule is COc1cc(/C(N)=N/OCCOc2ccccc2C)ccc1OC(F)F. The highest BCUT2D eigenvalue weighted by Gasteiger charge is 2.12. The number of rotatable bonds is 9. The molecule has 2 rings (SSSR count). The normalized spacial score (nSPS) is 11.3. The number of oxime groups is 1. The molecule has 0 aliphatic carbocycles. The van der Waals surface area contributed by atoms with E-state index in [9.17, 15) is 8.78 Å². The van der Waals surface area contributed by atoms with Gasteiger partial charge in [0.25, 0.3) is 0 Å². The van der Waals surface area contributed by atoms with Crippen molar-refractivity contribution in [1.29, 1.82) is 0 Å². The zero-order valence-electron chi connectivity index (χ0n) is 14.4. The summed E-state index contributed by atoms with van der Waals surface area (Å²) in [7, 11) is 1.34. The molecule has 2 N–H and O–H groups in total. The fourth-order valence-electron chi connectivity index (χ4n) is 2.10. The molecule has 0 aliphatic heterocycles. The van der Waals surface area contributed by atoms with Gasteiger partial charge in [-0.25, -0.2) is 0 Å². The van der Waals surface area contributed by atoms with Gasteiger partial charge in [0.15, 0.2) is 23.9 Å². The summed E-state index contributed by atoms with van der Waals surface area (Å²) in [5.41, 5.74) is 7.30. The first kappa shape index (κ1) is 19.3. The molecule has 0 spiro atoms. The van der Waals surface area contributed by atoms with Crippen LogP contribution in [0.25, 0.3) is 0 Å². The summed E-state index contributed by atoms with van der Waals surface area (Å²) in [5.74, 6) is 0.866. The number of hydrogen-bond donors (Lipinski definition) is 1. The summed E-state index contributed by atoms with van der Waals surface area (Å²) in [6.07, 6.45) is 0. The van der Waals surface area contributed by atoms with Crippen LogP contribution in [-0.2, 0) is 4.84 Å². The summed E-state index contributed by atoms with van der Waals surface area (Å²) >= 11 is 0. The molecule has 0 aliphatic rings. The van der Waals surface area contributed by atoms with Gasteiger partial charge in [0.1, 0.15) is 12.4 Å². The molecule has 8 heteroatoms. The number of ether oxygens (including phenoxy) is 3. The van der Waals surface area contributed by atoms with Crippen LogP contribution < -0.4 is 19.9 Å². The van der Waals surface area contributed by atoms with E-state index in [0.29, 0.717) is 12.2 Å². The van der Waals surface area contributed by atoms with Gasteiger partial charge in [-0.2, -0.15) is 8.78 Å². The van der Waals surface area contributed by atoms with Crippen LogP contribution in [0, 0.1) is 6.92 Å². The van der Waals surface area contributed by atoms with Crippen molar-refractivity contribution in [1.82, 2.24) is 0 Å². The molecule has 0 amide bonds. The number of para-hydroxylation sites is 1. The zero-order chi connectivity index (χ0) is 18.9. The van der Waals surface area contributed by atoms with E-state index >= 15 is 0 Å². The lowest BCUT2D eigenvalue weighted by Gasteiger charge is -2.11. The summed E-state index contributed by atoms with van der Waals surface area (Å²) in [6.45, 7) is -0.510. The van der Waals surface area contributed by atoms with E-state index in [2.05, 4.69) is 9.89 Å². The Hall–Kier alpha value is -3.03. The Morgan fingerprint density at radius 2 is 1.85 bits per heavy atom. The molecule has 0 saturated heterocycles. The fraction of sp³-hybridized carbons (Fsp3) is 0.278. The van der Waals surface area contributed by atoms with Gasteiger partial charge in [0.2, 0.25) is 0 Å². The maximum atomic E-state index is 12.3. The van der Waals surface area contributed by atoms with Crippen LogP contribution in [0.15, 0.2) is 47.6 Å². The van der Waals surface area contributed by atoms with Gasteiger partial charge in [-0.15, -0.1) is 0 Å². The molecule has 0 radical (unpaired) electrons. The number of nitrogens with two attached hydrogens (primary N) is 1. The van der Waals surface area contributed by atoms with Crippen molar-refractivity contribution >= 4 is 5.84 Å². The van der Waals surface area contributed by atoms with Crippen LogP contribution in [0.3, 0.4) is 0 Å². The predicted molar refractivity (Wildman–Crippen MR) is 93.0 cm³/mol. The summed E-state index contributed by atoms with van der Waals surface area (Å²) < 4.78 is 39.6. The number of alkyl halides is 2. The van der Waals surface area contributed by atoms with Crippen LogP contribution in [0.1, 0.15) is 11.1 Å². The second-order valence-electron chi connectivity index (χ2n) is 5.17. The Kier molecular flexibility index (Phi) is 7.02. The van der Waals surface area contributed by atoms with Gasteiger partial charge in [-0.05, 0) is 36.8 Å². The van der Waals surface area contributed by atoms with Crippen molar-refractivity contribution in [3.63, 3.8) is 0 Å². The minimum absolute atomic E-state index is 0.0720. The molecule has 0 bridgehead atoms. The van der Waals surface area contributed by atoms with Crippen LogP contribution in [0.2, 0.25) is 0 Å². The topological polar surface area (TPSA) is 75.3 Å². The first-order valence-electron chi connectivity index (χ1n) is 7.78. The first-order valence-corrected chi connectivity index (χ1v) is 7.78. The molecule has 6 nitrogen and oxygen atoms in total. The first-order chi connectivity index (χ1) is 12.5. The monoisotopic (exact) mass is 366 g/mol. The molecule has 140 valence electrons. The van der Waals surface area contributed by atoms with Crippen LogP contribution in [-0.4, -0.2) is 32.8 Å². The van der Waals surface area contributed by atoms with E-state index < -0.39 is 6.61 Å². The van der Waals surface area contributed by atoms with E-state index in [4.69, 9.17) is 20.0 Å². The van der Waals surface area contributed by atoms with Crippen molar-refractivity contribution in [3.8, 4) is 17.2 Å². The van der Waals surface area contributed by atoms with Gasteiger partial charge in [0, 0.05) is 5.56 Å². The number of hydrogen-bond acceptors (Lipinski definition) is 5. The van der Waals surface area contributed by atoms with Crippen LogP contribution in [0.4, 0.5) is 8.78 Å². The Balaban J connectivity index is 1.89. The predicted octanol–water partition coefficient (Wildman–Crippen LogP) is 3.32.